The number of hydrogen-bond donors (Lipinski definition) is 1. The van der Waals surface area contributed by atoms with Gasteiger partial charge in [-0.1, -0.05) is 23.4 Å². The van der Waals surface area contributed by atoms with Gasteiger partial charge in [-0.25, -0.2) is 9.48 Å². The predicted molar refractivity (Wildman–Crippen MR) is 112 cm³/mol. The predicted octanol–water partition coefficient (Wildman–Crippen LogP) is 2.46. The van der Waals surface area contributed by atoms with E-state index >= 15 is 0 Å². The average molecular weight is 456 g/mol. The van der Waals surface area contributed by atoms with Gasteiger partial charge in [0.1, 0.15) is 17.0 Å². The molecular formula is C21H20N4O8. The average Bonchev–Trinajstić information content (AvgIpc) is 3.23. The Morgan fingerprint density at radius 2 is 1.79 bits per heavy atom. The zero-order valence-corrected chi connectivity index (χ0v) is 17.9. The molecule has 0 aliphatic rings. The number of benzene rings is 2. The zero-order valence-electron chi connectivity index (χ0n) is 17.9. The quantitative estimate of drug-likeness (QED) is 0.208. The maximum Gasteiger partial charge on any atom is 0.358 e. The Hall–Kier alpha value is -4.16. The summed E-state index contributed by atoms with van der Waals surface area (Å²) in [6.45, 7) is 0.00660. The van der Waals surface area contributed by atoms with Crippen LogP contribution in [0.5, 0.6) is 5.75 Å². The molecule has 1 heterocycles. The number of methoxy groups -OCH3 is 3. The van der Waals surface area contributed by atoms with Crippen LogP contribution in [-0.2, 0) is 16.0 Å². The van der Waals surface area contributed by atoms with Gasteiger partial charge in [-0.3, -0.25) is 14.9 Å². The van der Waals surface area contributed by atoms with Gasteiger partial charge in [0.25, 0.3) is 5.69 Å². The van der Waals surface area contributed by atoms with E-state index in [2.05, 4.69) is 10.3 Å². The van der Waals surface area contributed by atoms with Crippen LogP contribution in [0, 0.1) is 10.1 Å². The van der Waals surface area contributed by atoms with E-state index in [4.69, 9.17) is 14.2 Å². The van der Waals surface area contributed by atoms with Crippen LogP contribution in [0.25, 0.3) is 0 Å². The molecule has 0 aliphatic heterocycles. The van der Waals surface area contributed by atoms with Gasteiger partial charge >= 0.3 is 5.97 Å². The fraction of sp³-hybridized carbons (Fsp3) is 0.238. The number of aromatic carboxylic acids is 1. The summed E-state index contributed by atoms with van der Waals surface area (Å²) in [7, 11) is 4.24. The second-order valence-electron chi connectivity index (χ2n) is 6.76. The zero-order chi connectivity index (χ0) is 24.1. The summed E-state index contributed by atoms with van der Waals surface area (Å²) in [4.78, 5) is 36.0. The van der Waals surface area contributed by atoms with Crippen molar-refractivity contribution in [3.05, 3.63) is 80.7 Å². The number of nitrogens with zero attached hydrogens (tertiary/aromatic N) is 4. The van der Waals surface area contributed by atoms with Crippen molar-refractivity contribution in [3.8, 4) is 5.75 Å². The Kier molecular flexibility index (Phi) is 7.10. The molecule has 0 saturated carbocycles. The van der Waals surface area contributed by atoms with Crippen molar-refractivity contribution in [1.29, 1.82) is 0 Å². The molecule has 3 rings (SSSR count). The Balaban J connectivity index is 2.08. The molecule has 172 valence electrons. The van der Waals surface area contributed by atoms with Crippen molar-refractivity contribution in [2.24, 2.45) is 0 Å². The maximum atomic E-state index is 13.3. The third-order valence-corrected chi connectivity index (χ3v) is 4.81. The molecule has 0 bridgehead atoms. The maximum absolute atomic E-state index is 13.3. The standard InChI is InChI=1S/C21H20N4O8/c1-31-14-7-4-12(5-8-14)11-24-18(17(20(27)28)22-23-24)19(26)15-9-6-13(21(32-2)33-3)10-16(15)25(29)30/h4-10,21H,11H2,1-3H3,(H,27,28). The number of carbonyl (C=O) groups excluding carboxylic acids is 1. The lowest BCUT2D eigenvalue weighted by atomic mass is 10.0. The molecule has 1 aromatic heterocycles. The second-order valence-corrected chi connectivity index (χ2v) is 6.76. The van der Waals surface area contributed by atoms with Crippen molar-refractivity contribution < 1.29 is 33.8 Å². The fourth-order valence-corrected chi connectivity index (χ4v) is 3.23. The van der Waals surface area contributed by atoms with Crippen LogP contribution in [0.1, 0.15) is 44.0 Å². The lowest BCUT2D eigenvalue weighted by molar-refractivity contribution is -0.385. The van der Waals surface area contributed by atoms with Gasteiger partial charge in [-0.05, 0) is 23.8 Å². The van der Waals surface area contributed by atoms with E-state index in [1.54, 1.807) is 24.3 Å². The number of carboxylic acid groups (broad SMARTS) is 1. The Bertz CT molecular complexity index is 1190. The number of ether oxygens (including phenoxy) is 3. The normalized spacial score (nSPS) is 10.9. The van der Waals surface area contributed by atoms with Crippen LogP contribution >= 0.6 is 0 Å². The van der Waals surface area contributed by atoms with Crippen molar-refractivity contribution in [2.75, 3.05) is 21.3 Å². The van der Waals surface area contributed by atoms with Gasteiger partial charge < -0.3 is 19.3 Å². The van der Waals surface area contributed by atoms with Crippen LogP contribution in [0.2, 0.25) is 0 Å². The van der Waals surface area contributed by atoms with Gasteiger partial charge in [-0.2, -0.15) is 0 Å². The monoisotopic (exact) mass is 456 g/mol. The van der Waals surface area contributed by atoms with E-state index in [0.29, 0.717) is 16.9 Å². The lowest BCUT2D eigenvalue weighted by Crippen LogP contribution is -2.17. The second kappa shape index (κ2) is 9.97. The summed E-state index contributed by atoms with van der Waals surface area (Å²) in [5.74, 6) is -1.78. The van der Waals surface area contributed by atoms with Crippen molar-refractivity contribution in [2.45, 2.75) is 12.8 Å². The van der Waals surface area contributed by atoms with Crippen LogP contribution in [0.3, 0.4) is 0 Å². The highest BCUT2D eigenvalue weighted by atomic mass is 16.7. The summed E-state index contributed by atoms with van der Waals surface area (Å²) in [5.41, 5.74) is -0.866. The number of rotatable bonds is 10. The van der Waals surface area contributed by atoms with E-state index in [1.807, 2.05) is 0 Å². The molecule has 0 amide bonds. The molecule has 33 heavy (non-hydrogen) atoms. The number of carboxylic acids is 1. The summed E-state index contributed by atoms with van der Waals surface area (Å²) >= 11 is 0. The Morgan fingerprint density at radius 3 is 2.33 bits per heavy atom. The highest BCUT2D eigenvalue weighted by Gasteiger charge is 2.31. The summed E-state index contributed by atoms with van der Waals surface area (Å²) < 4.78 is 16.4. The highest BCUT2D eigenvalue weighted by Crippen LogP contribution is 2.28. The molecule has 0 atom stereocenters. The SMILES string of the molecule is COc1ccc(Cn2nnc(C(=O)O)c2C(=O)c2ccc(C(OC)OC)cc2[N+](=O)[O-])cc1. The Morgan fingerprint density at radius 1 is 1.12 bits per heavy atom. The minimum Gasteiger partial charge on any atom is -0.497 e. The minimum atomic E-state index is -1.49. The van der Waals surface area contributed by atoms with Gasteiger partial charge in [0, 0.05) is 25.8 Å². The summed E-state index contributed by atoms with van der Waals surface area (Å²) in [6, 6.07) is 10.6. The molecule has 3 aromatic rings. The number of ketones is 1. The van der Waals surface area contributed by atoms with E-state index in [0.717, 1.165) is 10.7 Å². The van der Waals surface area contributed by atoms with E-state index in [-0.39, 0.29) is 17.8 Å². The molecule has 2 aromatic carbocycles. The molecule has 12 heteroatoms. The third-order valence-electron chi connectivity index (χ3n) is 4.81. The fourth-order valence-electron chi connectivity index (χ4n) is 3.23. The lowest BCUT2D eigenvalue weighted by Gasteiger charge is -2.14. The Labute approximate surface area is 187 Å². The first-order valence-corrected chi connectivity index (χ1v) is 9.49. The number of nitro groups is 1. The summed E-state index contributed by atoms with van der Waals surface area (Å²) in [5, 5.41) is 28.6. The number of carbonyl (C=O) groups is 2. The first-order valence-electron chi connectivity index (χ1n) is 9.49. The molecule has 1 N–H and O–H groups in total. The van der Waals surface area contributed by atoms with Crippen molar-refractivity contribution in [3.63, 3.8) is 0 Å². The third kappa shape index (κ3) is 4.86. The molecule has 0 saturated heterocycles. The first kappa shape index (κ1) is 23.5. The van der Waals surface area contributed by atoms with E-state index in [9.17, 15) is 24.8 Å². The first-order chi connectivity index (χ1) is 15.8. The highest BCUT2D eigenvalue weighted by molar-refractivity contribution is 6.14. The molecular weight excluding hydrogens is 436 g/mol. The minimum absolute atomic E-state index is 0.00660. The van der Waals surface area contributed by atoms with Crippen LogP contribution in [-0.4, -0.2) is 58.1 Å². The van der Waals surface area contributed by atoms with Gasteiger partial charge in [-0.15, -0.1) is 5.10 Å². The molecule has 0 radical (unpaired) electrons. The number of aromatic nitrogens is 3. The largest absolute Gasteiger partial charge is 0.497 e. The molecule has 0 unspecified atom stereocenters. The van der Waals surface area contributed by atoms with Crippen LogP contribution in [0.15, 0.2) is 42.5 Å². The molecule has 0 spiro atoms. The van der Waals surface area contributed by atoms with E-state index in [1.165, 1.54) is 33.5 Å². The molecule has 0 aliphatic carbocycles. The van der Waals surface area contributed by atoms with Crippen LogP contribution < -0.4 is 4.74 Å². The smallest absolute Gasteiger partial charge is 0.358 e. The van der Waals surface area contributed by atoms with E-state index < -0.39 is 34.3 Å². The van der Waals surface area contributed by atoms with Gasteiger partial charge in [0.05, 0.1) is 18.6 Å². The van der Waals surface area contributed by atoms with Gasteiger partial charge in [0.2, 0.25) is 11.5 Å². The number of nitro benzene ring substituents is 1. The van der Waals surface area contributed by atoms with Crippen molar-refractivity contribution in [1.82, 2.24) is 15.0 Å². The van der Waals surface area contributed by atoms with Gasteiger partial charge in [0.15, 0.2) is 6.29 Å². The molecule has 12 nitrogen and oxygen atoms in total. The summed E-state index contributed by atoms with van der Waals surface area (Å²) in [6.07, 6.45) is -0.885. The number of hydrogen-bond acceptors (Lipinski definition) is 9. The van der Waals surface area contributed by atoms with Crippen molar-refractivity contribution >= 4 is 17.4 Å². The topological polar surface area (TPSA) is 156 Å². The van der Waals surface area contributed by atoms with Crippen LogP contribution in [0.4, 0.5) is 5.69 Å². The molecule has 0 fully saturated rings.